The zero-order valence-corrected chi connectivity index (χ0v) is 12.5. The molecule has 0 aliphatic rings. The Morgan fingerprint density at radius 1 is 1.32 bits per heavy atom. The number of primary amides is 1. The summed E-state index contributed by atoms with van der Waals surface area (Å²) in [4.78, 5) is 21.9. The molecule has 2 aromatic rings. The molecule has 0 aliphatic carbocycles. The number of imide groups is 1. The summed E-state index contributed by atoms with van der Waals surface area (Å²) in [6.07, 6.45) is 0. The lowest BCUT2D eigenvalue weighted by Gasteiger charge is -2.04. The summed E-state index contributed by atoms with van der Waals surface area (Å²) >= 11 is 1.04. The van der Waals surface area contributed by atoms with Crippen molar-refractivity contribution >= 4 is 23.7 Å². The summed E-state index contributed by atoms with van der Waals surface area (Å²) in [7, 11) is 1.58. The molecule has 0 spiro atoms. The van der Waals surface area contributed by atoms with E-state index in [4.69, 9.17) is 16.3 Å². The smallest absolute Gasteiger partial charge is 0.318 e. The third-order valence-electron chi connectivity index (χ3n) is 2.61. The number of amides is 3. The molecular weight excluding hydrogens is 308 g/mol. The van der Waals surface area contributed by atoms with Crippen LogP contribution < -0.4 is 21.6 Å². The van der Waals surface area contributed by atoms with Gasteiger partial charge in [0.1, 0.15) is 5.75 Å². The van der Waals surface area contributed by atoms with Gasteiger partial charge in [0.25, 0.3) is 0 Å². The maximum absolute atomic E-state index is 11.3. The molecule has 1 aromatic heterocycles. The third-order valence-corrected chi connectivity index (χ3v) is 3.55. The molecule has 0 radical (unpaired) electrons. The van der Waals surface area contributed by atoms with Gasteiger partial charge in [-0.3, -0.25) is 10.1 Å². The number of carbonyl (C=O) groups excluding carboxylic acids is 2. The quantitative estimate of drug-likeness (QED) is 0.518. The summed E-state index contributed by atoms with van der Waals surface area (Å²) in [5.74, 6) is 6.48. The first-order valence-corrected chi connectivity index (χ1v) is 7.07. The van der Waals surface area contributed by atoms with Crippen LogP contribution in [0.15, 0.2) is 29.4 Å². The van der Waals surface area contributed by atoms with E-state index in [1.54, 1.807) is 31.4 Å². The number of benzene rings is 1. The first-order valence-electron chi connectivity index (χ1n) is 6.08. The number of carbonyl (C=O) groups is 2. The van der Waals surface area contributed by atoms with Gasteiger partial charge in [-0.25, -0.2) is 9.47 Å². The number of aromatic nitrogens is 3. The number of ether oxygens (including phenoxy) is 1. The van der Waals surface area contributed by atoms with Crippen LogP contribution in [0.4, 0.5) is 4.79 Å². The van der Waals surface area contributed by atoms with Crippen molar-refractivity contribution < 1.29 is 14.3 Å². The zero-order chi connectivity index (χ0) is 16.1. The molecule has 0 aliphatic heterocycles. The van der Waals surface area contributed by atoms with Crippen LogP contribution in [0.3, 0.4) is 0 Å². The molecule has 0 atom stereocenters. The van der Waals surface area contributed by atoms with Crippen molar-refractivity contribution in [2.75, 3.05) is 18.7 Å². The van der Waals surface area contributed by atoms with Crippen LogP contribution in [-0.2, 0) is 4.79 Å². The van der Waals surface area contributed by atoms with Gasteiger partial charge in [-0.15, -0.1) is 10.2 Å². The van der Waals surface area contributed by atoms with E-state index in [1.807, 2.05) is 5.32 Å². The third kappa shape index (κ3) is 3.67. The summed E-state index contributed by atoms with van der Waals surface area (Å²) < 4.78 is 6.34. The van der Waals surface area contributed by atoms with Crippen LogP contribution in [0.5, 0.6) is 5.75 Å². The highest BCUT2D eigenvalue weighted by molar-refractivity contribution is 7.99. The van der Waals surface area contributed by atoms with E-state index in [2.05, 4.69) is 10.2 Å². The molecule has 0 saturated carbocycles. The van der Waals surface area contributed by atoms with Gasteiger partial charge in [0.15, 0.2) is 5.82 Å². The molecule has 1 heterocycles. The number of nitrogens with zero attached hydrogens (tertiary/aromatic N) is 3. The second kappa shape index (κ2) is 6.80. The maximum Gasteiger partial charge on any atom is 0.318 e. The van der Waals surface area contributed by atoms with Gasteiger partial charge in [-0.2, -0.15) is 0 Å². The molecular formula is C12H14N6O3S. The van der Waals surface area contributed by atoms with Crippen molar-refractivity contribution in [1.29, 1.82) is 0 Å². The van der Waals surface area contributed by atoms with Crippen LogP contribution in [0.1, 0.15) is 0 Å². The van der Waals surface area contributed by atoms with E-state index in [9.17, 15) is 9.59 Å². The van der Waals surface area contributed by atoms with Crippen LogP contribution in [-0.4, -0.2) is 39.7 Å². The number of thioether (sulfide) groups is 1. The Labute approximate surface area is 130 Å². The molecule has 3 amide bonds. The van der Waals surface area contributed by atoms with E-state index in [-0.39, 0.29) is 5.75 Å². The van der Waals surface area contributed by atoms with Crippen molar-refractivity contribution in [2.24, 2.45) is 5.73 Å². The minimum Gasteiger partial charge on any atom is -0.497 e. The lowest BCUT2D eigenvalue weighted by Crippen LogP contribution is -2.36. The Balaban J connectivity index is 2.08. The van der Waals surface area contributed by atoms with Crippen LogP contribution in [0.25, 0.3) is 11.4 Å². The van der Waals surface area contributed by atoms with Crippen molar-refractivity contribution in [3.05, 3.63) is 24.3 Å². The van der Waals surface area contributed by atoms with Crippen LogP contribution in [0, 0.1) is 0 Å². The van der Waals surface area contributed by atoms with Crippen molar-refractivity contribution in [3.8, 4) is 17.1 Å². The summed E-state index contributed by atoms with van der Waals surface area (Å²) in [5.41, 5.74) is 5.60. The van der Waals surface area contributed by atoms with Gasteiger partial charge in [-0.1, -0.05) is 11.8 Å². The predicted octanol–water partition coefficient (Wildman–Crippen LogP) is -0.0455. The van der Waals surface area contributed by atoms with E-state index in [0.717, 1.165) is 17.3 Å². The summed E-state index contributed by atoms with van der Waals surface area (Å²) in [6, 6.07) is 6.23. The molecule has 2 rings (SSSR count). The lowest BCUT2D eigenvalue weighted by atomic mass is 10.2. The molecule has 0 unspecified atom stereocenters. The number of methoxy groups -OCH3 is 1. The topological polar surface area (TPSA) is 138 Å². The normalized spacial score (nSPS) is 10.2. The highest BCUT2D eigenvalue weighted by Gasteiger charge is 2.14. The molecule has 0 saturated heterocycles. The van der Waals surface area contributed by atoms with Crippen molar-refractivity contribution in [1.82, 2.24) is 20.2 Å². The lowest BCUT2D eigenvalue weighted by molar-refractivity contribution is -0.117. The maximum atomic E-state index is 11.3. The van der Waals surface area contributed by atoms with Gasteiger partial charge in [0, 0.05) is 5.56 Å². The van der Waals surface area contributed by atoms with E-state index in [1.165, 1.54) is 4.68 Å². The Hall–Kier alpha value is -2.75. The zero-order valence-electron chi connectivity index (χ0n) is 11.6. The molecule has 116 valence electrons. The first-order chi connectivity index (χ1) is 10.5. The highest BCUT2D eigenvalue weighted by Crippen LogP contribution is 2.23. The number of nitrogen functional groups attached to an aromatic ring is 1. The fourth-order valence-corrected chi connectivity index (χ4v) is 2.27. The standard InChI is InChI=1S/C12H14N6O3S/c1-21-8-4-2-7(3-5-8)10-16-17-12(18(10)14)22-6-9(19)15-11(13)20/h2-5H,6,14H2,1H3,(H3,13,15,19,20). The number of urea groups is 1. The number of rotatable bonds is 5. The fourth-order valence-electron chi connectivity index (χ4n) is 1.62. The minimum atomic E-state index is -0.904. The molecule has 10 heteroatoms. The van der Waals surface area contributed by atoms with E-state index < -0.39 is 11.9 Å². The van der Waals surface area contributed by atoms with Gasteiger partial charge in [0.05, 0.1) is 12.9 Å². The Morgan fingerprint density at radius 2 is 2.00 bits per heavy atom. The monoisotopic (exact) mass is 322 g/mol. The Bertz CT molecular complexity index is 685. The average molecular weight is 322 g/mol. The van der Waals surface area contributed by atoms with Gasteiger partial charge < -0.3 is 16.3 Å². The van der Waals surface area contributed by atoms with E-state index in [0.29, 0.717) is 16.7 Å². The number of nitrogens with two attached hydrogens (primary N) is 2. The molecule has 5 N–H and O–H groups in total. The SMILES string of the molecule is COc1ccc(-c2nnc(SCC(=O)NC(N)=O)n2N)cc1. The Morgan fingerprint density at radius 3 is 2.59 bits per heavy atom. The first kappa shape index (κ1) is 15.6. The van der Waals surface area contributed by atoms with Gasteiger partial charge in [0.2, 0.25) is 11.1 Å². The summed E-state index contributed by atoms with van der Waals surface area (Å²) in [6.45, 7) is 0. The average Bonchev–Trinajstić information content (AvgIpc) is 2.85. The minimum absolute atomic E-state index is 0.0547. The number of hydrogen-bond acceptors (Lipinski definition) is 7. The number of hydrogen-bond donors (Lipinski definition) is 3. The molecule has 0 bridgehead atoms. The van der Waals surface area contributed by atoms with Gasteiger partial charge >= 0.3 is 6.03 Å². The fraction of sp³-hybridized carbons (Fsp3) is 0.167. The second-order valence-corrected chi connectivity index (χ2v) is 5.05. The summed E-state index contributed by atoms with van der Waals surface area (Å²) in [5, 5.41) is 10.2. The Kier molecular flexibility index (Phi) is 4.84. The van der Waals surface area contributed by atoms with Crippen LogP contribution >= 0.6 is 11.8 Å². The molecule has 9 nitrogen and oxygen atoms in total. The molecule has 1 aromatic carbocycles. The highest BCUT2D eigenvalue weighted by atomic mass is 32.2. The molecule has 22 heavy (non-hydrogen) atoms. The van der Waals surface area contributed by atoms with Crippen molar-refractivity contribution in [3.63, 3.8) is 0 Å². The molecule has 0 fully saturated rings. The predicted molar refractivity (Wildman–Crippen MR) is 80.6 cm³/mol. The van der Waals surface area contributed by atoms with E-state index >= 15 is 0 Å². The van der Waals surface area contributed by atoms with Crippen LogP contribution in [0.2, 0.25) is 0 Å². The van der Waals surface area contributed by atoms with Gasteiger partial charge in [-0.05, 0) is 24.3 Å². The largest absolute Gasteiger partial charge is 0.497 e. The van der Waals surface area contributed by atoms with Crippen molar-refractivity contribution in [2.45, 2.75) is 5.16 Å². The number of nitrogens with one attached hydrogen (secondary N) is 1. The second-order valence-electron chi connectivity index (χ2n) is 4.11.